The molecule has 27 heavy (non-hydrogen) atoms. The molecule has 0 bridgehead atoms. The lowest BCUT2D eigenvalue weighted by Gasteiger charge is -2.12. The van der Waals surface area contributed by atoms with Gasteiger partial charge in [0.05, 0.1) is 16.3 Å². The summed E-state index contributed by atoms with van der Waals surface area (Å²) in [7, 11) is 0. The summed E-state index contributed by atoms with van der Waals surface area (Å²) in [5.41, 5.74) is 4.95. The number of amides is 2. The molecule has 0 spiro atoms. The molecule has 0 radical (unpaired) electrons. The minimum atomic E-state index is -0.180. The van der Waals surface area contributed by atoms with E-state index < -0.39 is 0 Å². The first-order chi connectivity index (χ1) is 12.9. The van der Waals surface area contributed by atoms with E-state index in [1.807, 2.05) is 50.4 Å². The number of anilines is 1. The maximum atomic E-state index is 12.5. The molecule has 0 fully saturated rings. The van der Waals surface area contributed by atoms with Crippen molar-refractivity contribution >= 4 is 28.8 Å². The first kappa shape index (κ1) is 18.8. The number of hydrogen-bond acceptors (Lipinski definition) is 4. The highest BCUT2D eigenvalue weighted by atomic mass is 32.1. The number of carbonyl (C=O) groups excluding carboxylic acids is 2. The summed E-state index contributed by atoms with van der Waals surface area (Å²) in [5, 5.41) is 7.68. The van der Waals surface area contributed by atoms with Crippen LogP contribution in [0.2, 0.25) is 0 Å². The Morgan fingerprint density at radius 2 is 1.78 bits per heavy atom. The van der Waals surface area contributed by atoms with Gasteiger partial charge in [-0.05, 0) is 61.5 Å². The molecule has 0 saturated carbocycles. The third-order valence-electron chi connectivity index (χ3n) is 4.18. The second-order valence-electron chi connectivity index (χ2n) is 6.35. The second-order valence-corrected chi connectivity index (χ2v) is 7.30. The van der Waals surface area contributed by atoms with E-state index in [1.54, 1.807) is 18.2 Å². The SMILES string of the molecule is Cc1cc(C)c(NC(=O)c2ccc(CNC(=O)c3cccs3)cc2)c(C)n1. The molecular weight excluding hydrogens is 358 g/mol. The van der Waals surface area contributed by atoms with Crippen molar-refractivity contribution in [2.75, 3.05) is 5.32 Å². The fraction of sp³-hybridized carbons (Fsp3) is 0.190. The van der Waals surface area contributed by atoms with Crippen LogP contribution >= 0.6 is 11.3 Å². The maximum Gasteiger partial charge on any atom is 0.261 e. The van der Waals surface area contributed by atoms with Crippen LogP contribution in [0.15, 0.2) is 47.8 Å². The summed E-state index contributed by atoms with van der Waals surface area (Å²) in [6.07, 6.45) is 0. The van der Waals surface area contributed by atoms with E-state index in [4.69, 9.17) is 0 Å². The van der Waals surface area contributed by atoms with Gasteiger partial charge < -0.3 is 10.6 Å². The number of pyridine rings is 1. The summed E-state index contributed by atoms with van der Waals surface area (Å²) < 4.78 is 0. The van der Waals surface area contributed by atoms with Crippen LogP contribution in [0.1, 0.15) is 42.5 Å². The van der Waals surface area contributed by atoms with Crippen molar-refractivity contribution < 1.29 is 9.59 Å². The van der Waals surface area contributed by atoms with E-state index in [2.05, 4.69) is 15.6 Å². The monoisotopic (exact) mass is 379 g/mol. The van der Waals surface area contributed by atoms with E-state index in [0.717, 1.165) is 28.2 Å². The van der Waals surface area contributed by atoms with Gasteiger partial charge in [-0.1, -0.05) is 18.2 Å². The average molecular weight is 379 g/mol. The predicted octanol–water partition coefficient (Wildman–Crippen LogP) is 4.25. The molecule has 0 unspecified atom stereocenters. The number of hydrogen-bond donors (Lipinski definition) is 2. The van der Waals surface area contributed by atoms with Crippen LogP contribution in [0.5, 0.6) is 0 Å². The van der Waals surface area contributed by atoms with E-state index in [1.165, 1.54) is 11.3 Å². The molecule has 2 amide bonds. The lowest BCUT2D eigenvalue weighted by Crippen LogP contribution is -2.21. The van der Waals surface area contributed by atoms with Crippen LogP contribution in [-0.4, -0.2) is 16.8 Å². The molecule has 2 heterocycles. The van der Waals surface area contributed by atoms with Gasteiger partial charge >= 0.3 is 0 Å². The molecule has 5 nitrogen and oxygen atoms in total. The molecule has 0 aliphatic carbocycles. The van der Waals surface area contributed by atoms with Gasteiger partial charge in [0, 0.05) is 17.8 Å². The van der Waals surface area contributed by atoms with Crippen LogP contribution in [0.4, 0.5) is 5.69 Å². The lowest BCUT2D eigenvalue weighted by molar-refractivity contribution is 0.0953. The van der Waals surface area contributed by atoms with Gasteiger partial charge in [0.25, 0.3) is 11.8 Å². The van der Waals surface area contributed by atoms with Gasteiger partial charge in [0.15, 0.2) is 0 Å². The summed E-state index contributed by atoms with van der Waals surface area (Å²) >= 11 is 1.41. The van der Waals surface area contributed by atoms with Gasteiger partial charge in [0.2, 0.25) is 0 Å². The van der Waals surface area contributed by atoms with Crippen molar-refractivity contribution in [3.05, 3.63) is 80.8 Å². The Morgan fingerprint density at radius 1 is 1.04 bits per heavy atom. The Kier molecular flexibility index (Phi) is 5.66. The van der Waals surface area contributed by atoms with Crippen molar-refractivity contribution in [1.82, 2.24) is 10.3 Å². The molecule has 0 saturated heterocycles. The lowest BCUT2D eigenvalue weighted by atomic mass is 10.1. The third-order valence-corrected chi connectivity index (χ3v) is 5.05. The minimum absolute atomic E-state index is 0.0929. The largest absolute Gasteiger partial charge is 0.347 e. The zero-order valence-corrected chi connectivity index (χ0v) is 16.3. The van der Waals surface area contributed by atoms with Gasteiger partial charge in [-0.15, -0.1) is 11.3 Å². The second kappa shape index (κ2) is 8.14. The Labute approximate surface area is 162 Å². The summed E-state index contributed by atoms with van der Waals surface area (Å²) in [4.78, 5) is 29.6. The number of aryl methyl sites for hydroxylation is 3. The maximum absolute atomic E-state index is 12.5. The average Bonchev–Trinajstić information content (AvgIpc) is 3.17. The van der Waals surface area contributed by atoms with Crippen molar-refractivity contribution in [2.24, 2.45) is 0 Å². The van der Waals surface area contributed by atoms with Crippen LogP contribution in [0.3, 0.4) is 0 Å². The van der Waals surface area contributed by atoms with Crippen molar-refractivity contribution in [3.63, 3.8) is 0 Å². The first-order valence-corrected chi connectivity index (χ1v) is 9.49. The normalized spacial score (nSPS) is 10.5. The number of benzene rings is 1. The number of thiophene rings is 1. The molecule has 2 aromatic heterocycles. The van der Waals surface area contributed by atoms with Gasteiger partial charge in [-0.25, -0.2) is 0 Å². The van der Waals surface area contributed by atoms with E-state index in [0.29, 0.717) is 17.0 Å². The summed E-state index contributed by atoms with van der Waals surface area (Å²) in [6.45, 7) is 6.19. The molecule has 0 aliphatic rings. The van der Waals surface area contributed by atoms with Crippen molar-refractivity contribution in [3.8, 4) is 0 Å². The van der Waals surface area contributed by atoms with Gasteiger partial charge in [0.1, 0.15) is 0 Å². The third kappa shape index (κ3) is 4.60. The number of aromatic nitrogens is 1. The molecular formula is C21H21N3O2S. The smallest absolute Gasteiger partial charge is 0.261 e. The highest BCUT2D eigenvalue weighted by Gasteiger charge is 2.12. The zero-order chi connectivity index (χ0) is 19.4. The highest BCUT2D eigenvalue weighted by molar-refractivity contribution is 7.12. The van der Waals surface area contributed by atoms with E-state index in [-0.39, 0.29) is 11.8 Å². The first-order valence-electron chi connectivity index (χ1n) is 8.61. The zero-order valence-electron chi connectivity index (χ0n) is 15.5. The topological polar surface area (TPSA) is 71.1 Å². The quantitative estimate of drug-likeness (QED) is 0.696. The number of nitrogens with zero attached hydrogens (tertiary/aromatic N) is 1. The van der Waals surface area contributed by atoms with Crippen LogP contribution in [0.25, 0.3) is 0 Å². The fourth-order valence-corrected chi connectivity index (χ4v) is 3.49. The Balaban J connectivity index is 1.63. The fourth-order valence-electron chi connectivity index (χ4n) is 2.85. The predicted molar refractivity (Wildman–Crippen MR) is 108 cm³/mol. The van der Waals surface area contributed by atoms with Crippen LogP contribution < -0.4 is 10.6 Å². The van der Waals surface area contributed by atoms with Gasteiger partial charge in [-0.3, -0.25) is 14.6 Å². The summed E-state index contributed by atoms with van der Waals surface area (Å²) in [5.74, 6) is -0.273. The van der Waals surface area contributed by atoms with Crippen LogP contribution in [-0.2, 0) is 6.54 Å². The molecule has 0 atom stereocenters. The Morgan fingerprint density at radius 3 is 2.41 bits per heavy atom. The molecule has 0 aliphatic heterocycles. The number of nitrogens with one attached hydrogen (secondary N) is 2. The van der Waals surface area contributed by atoms with Crippen molar-refractivity contribution in [1.29, 1.82) is 0 Å². The number of rotatable bonds is 5. The molecule has 138 valence electrons. The molecule has 1 aromatic carbocycles. The van der Waals surface area contributed by atoms with Crippen molar-refractivity contribution in [2.45, 2.75) is 27.3 Å². The van der Waals surface area contributed by atoms with E-state index in [9.17, 15) is 9.59 Å². The molecule has 2 N–H and O–H groups in total. The van der Waals surface area contributed by atoms with Gasteiger partial charge in [-0.2, -0.15) is 0 Å². The Hall–Kier alpha value is -2.99. The molecule has 3 rings (SSSR count). The molecule has 6 heteroatoms. The van der Waals surface area contributed by atoms with Crippen LogP contribution in [0, 0.1) is 20.8 Å². The Bertz CT molecular complexity index is 941. The molecule has 3 aromatic rings. The highest BCUT2D eigenvalue weighted by Crippen LogP contribution is 2.20. The summed E-state index contributed by atoms with van der Waals surface area (Å²) in [6, 6.07) is 12.8. The number of carbonyl (C=O) groups is 2. The standard InChI is InChI=1S/C21H21N3O2S/c1-13-11-14(2)23-15(3)19(13)24-20(25)17-8-6-16(7-9-17)12-22-21(26)18-5-4-10-27-18/h4-11H,12H2,1-3H3,(H,22,26)(H,24,25). The minimum Gasteiger partial charge on any atom is -0.347 e. The van der Waals surface area contributed by atoms with E-state index >= 15 is 0 Å².